The van der Waals surface area contributed by atoms with Gasteiger partial charge in [-0.2, -0.15) is 0 Å². The Morgan fingerprint density at radius 1 is 1.26 bits per heavy atom. The van der Waals surface area contributed by atoms with E-state index in [4.69, 9.17) is 4.42 Å². The van der Waals surface area contributed by atoms with Crippen LogP contribution >= 0.6 is 11.3 Å². The summed E-state index contributed by atoms with van der Waals surface area (Å²) in [5, 5.41) is 10.6. The minimum absolute atomic E-state index is 0.0303. The van der Waals surface area contributed by atoms with Crippen LogP contribution in [0.5, 0.6) is 0 Å². The second-order valence-electron chi connectivity index (χ2n) is 4.99. The van der Waals surface area contributed by atoms with Gasteiger partial charge in [-0.25, -0.2) is 4.98 Å². The molecule has 3 aromatic rings. The molecule has 6 nitrogen and oxygen atoms in total. The van der Waals surface area contributed by atoms with Crippen molar-refractivity contribution in [2.45, 2.75) is 19.3 Å². The van der Waals surface area contributed by atoms with Crippen molar-refractivity contribution < 1.29 is 9.21 Å². The van der Waals surface area contributed by atoms with E-state index in [1.807, 2.05) is 35.7 Å². The van der Waals surface area contributed by atoms with Crippen molar-refractivity contribution >= 4 is 22.4 Å². The summed E-state index contributed by atoms with van der Waals surface area (Å²) in [6.45, 7) is 0. The van der Waals surface area contributed by atoms with E-state index < -0.39 is 0 Å². The summed E-state index contributed by atoms with van der Waals surface area (Å²) < 4.78 is 5.63. The molecular formula is C16H16N4O2S. The molecule has 0 aliphatic heterocycles. The molecule has 0 saturated carbocycles. The third-order valence-electron chi connectivity index (χ3n) is 3.35. The van der Waals surface area contributed by atoms with Crippen LogP contribution in [-0.2, 0) is 11.2 Å². The maximum Gasteiger partial charge on any atom is 0.247 e. The second kappa shape index (κ2) is 7.15. The average molecular weight is 328 g/mol. The lowest BCUT2D eigenvalue weighted by atomic mass is 10.2. The van der Waals surface area contributed by atoms with E-state index in [0.29, 0.717) is 36.2 Å². The van der Waals surface area contributed by atoms with E-state index >= 15 is 0 Å². The minimum atomic E-state index is 0.0303. The highest BCUT2D eigenvalue weighted by Crippen LogP contribution is 2.19. The summed E-state index contributed by atoms with van der Waals surface area (Å²) in [6.07, 6.45) is 3.34. The van der Waals surface area contributed by atoms with Crippen LogP contribution in [0.1, 0.15) is 18.7 Å². The number of hydrogen-bond acceptors (Lipinski definition) is 6. The Morgan fingerprint density at radius 2 is 2.09 bits per heavy atom. The molecule has 0 unspecified atom stereocenters. The molecule has 118 valence electrons. The lowest BCUT2D eigenvalue weighted by molar-refractivity contribution is -0.118. The van der Waals surface area contributed by atoms with Crippen LogP contribution in [0.4, 0.5) is 5.13 Å². The number of nitrogens with zero attached hydrogens (tertiary/aromatic N) is 4. The van der Waals surface area contributed by atoms with Crippen molar-refractivity contribution in [3.8, 4) is 11.5 Å². The van der Waals surface area contributed by atoms with Crippen molar-refractivity contribution in [2.24, 2.45) is 0 Å². The zero-order valence-electron chi connectivity index (χ0n) is 12.7. The molecule has 0 radical (unpaired) electrons. The van der Waals surface area contributed by atoms with Crippen LogP contribution in [0.25, 0.3) is 11.5 Å². The predicted octanol–water partition coefficient (Wildman–Crippen LogP) is 3.18. The Kier molecular flexibility index (Phi) is 4.77. The maximum absolute atomic E-state index is 12.1. The number of benzene rings is 1. The molecule has 0 fully saturated rings. The highest BCUT2D eigenvalue weighted by molar-refractivity contribution is 7.13. The van der Waals surface area contributed by atoms with Gasteiger partial charge in [0.05, 0.1) is 0 Å². The fraction of sp³-hybridized carbons (Fsp3) is 0.250. The molecule has 0 aliphatic carbocycles. The number of anilines is 1. The van der Waals surface area contributed by atoms with E-state index in [9.17, 15) is 4.79 Å². The maximum atomic E-state index is 12.1. The fourth-order valence-electron chi connectivity index (χ4n) is 2.10. The number of thiazole rings is 1. The topological polar surface area (TPSA) is 72.1 Å². The summed E-state index contributed by atoms with van der Waals surface area (Å²) in [5.41, 5.74) is 0.894. The Morgan fingerprint density at radius 3 is 2.83 bits per heavy atom. The summed E-state index contributed by atoms with van der Waals surface area (Å²) in [7, 11) is 1.74. The molecular weight excluding hydrogens is 312 g/mol. The SMILES string of the molecule is CN(C(=O)CCCc1nnc(-c2ccccc2)o1)c1nccs1. The Hall–Kier alpha value is -2.54. The zero-order chi connectivity index (χ0) is 16.1. The third kappa shape index (κ3) is 3.81. The van der Waals surface area contributed by atoms with Gasteiger partial charge in [-0.15, -0.1) is 21.5 Å². The quantitative estimate of drug-likeness (QED) is 0.695. The van der Waals surface area contributed by atoms with Crippen molar-refractivity contribution in [3.63, 3.8) is 0 Å². The third-order valence-corrected chi connectivity index (χ3v) is 4.20. The first-order valence-electron chi connectivity index (χ1n) is 7.28. The standard InChI is InChI=1S/C16H16N4O2S/c1-20(16-17-10-11-23-16)14(21)9-5-8-13-18-19-15(22-13)12-6-3-2-4-7-12/h2-4,6-7,10-11H,5,8-9H2,1H3. The van der Waals surface area contributed by atoms with Crippen LogP contribution in [0.3, 0.4) is 0 Å². The highest BCUT2D eigenvalue weighted by atomic mass is 32.1. The molecule has 3 rings (SSSR count). The van der Waals surface area contributed by atoms with Gasteiger partial charge in [0.2, 0.25) is 17.7 Å². The summed E-state index contributed by atoms with van der Waals surface area (Å²) in [5.74, 6) is 1.09. The number of aryl methyl sites for hydroxylation is 1. The predicted molar refractivity (Wildman–Crippen MR) is 88.2 cm³/mol. The Labute approximate surface area is 137 Å². The first kappa shape index (κ1) is 15.4. The number of carbonyl (C=O) groups excluding carboxylic acids is 1. The van der Waals surface area contributed by atoms with Crippen molar-refractivity contribution in [1.82, 2.24) is 15.2 Å². The number of carbonyl (C=O) groups is 1. The van der Waals surface area contributed by atoms with Crippen molar-refractivity contribution in [3.05, 3.63) is 47.8 Å². The van der Waals surface area contributed by atoms with E-state index in [0.717, 1.165) is 5.56 Å². The molecule has 0 atom stereocenters. The van der Waals surface area contributed by atoms with Crippen LogP contribution in [-0.4, -0.2) is 28.1 Å². The molecule has 1 aromatic carbocycles. The lowest BCUT2D eigenvalue weighted by Crippen LogP contribution is -2.25. The number of aromatic nitrogens is 3. The van der Waals surface area contributed by atoms with Crippen LogP contribution < -0.4 is 4.90 Å². The van der Waals surface area contributed by atoms with Gasteiger partial charge in [-0.1, -0.05) is 18.2 Å². The summed E-state index contributed by atoms with van der Waals surface area (Å²) in [6, 6.07) is 9.62. The van der Waals surface area contributed by atoms with Crippen LogP contribution in [0.2, 0.25) is 0 Å². The van der Waals surface area contributed by atoms with Gasteiger partial charge in [0.15, 0.2) is 5.13 Å². The molecule has 0 saturated heterocycles. The molecule has 2 aromatic heterocycles. The first-order valence-corrected chi connectivity index (χ1v) is 8.16. The van der Waals surface area contributed by atoms with Gasteiger partial charge in [-0.05, 0) is 18.6 Å². The van der Waals surface area contributed by atoms with Gasteiger partial charge in [-0.3, -0.25) is 9.69 Å². The molecule has 0 aliphatic rings. The lowest BCUT2D eigenvalue weighted by Gasteiger charge is -2.12. The number of rotatable bonds is 6. The van der Waals surface area contributed by atoms with Crippen LogP contribution in [0.15, 0.2) is 46.3 Å². The zero-order valence-corrected chi connectivity index (χ0v) is 13.5. The van der Waals surface area contributed by atoms with Gasteiger partial charge < -0.3 is 4.42 Å². The first-order chi connectivity index (χ1) is 11.2. The molecule has 7 heteroatoms. The van der Waals surface area contributed by atoms with Gasteiger partial charge in [0.25, 0.3) is 0 Å². The average Bonchev–Trinajstić information content (AvgIpc) is 3.27. The molecule has 23 heavy (non-hydrogen) atoms. The van der Waals surface area contributed by atoms with E-state index in [2.05, 4.69) is 15.2 Å². The number of amides is 1. The highest BCUT2D eigenvalue weighted by Gasteiger charge is 2.14. The van der Waals surface area contributed by atoms with E-state index in [1.165, 1.54) is 11.3 Å². The fourth-order valence-corrected chi connectivity index (χ4v) is 2.72. The molecule has 2 heterocycles. The summed E-state index contributed by atoms with van der Waals surface area (Å²) in [4.78, 5) is 17.8. The van der Waals surface area contributed by atoms with Crippen molar-refractivity contribution in [2.75, 3.05) is 11.9 Å². The molecule has 0 N–H and O–H groups in total. The largest absolute Gasteiger partial charge is 0.421 e. The monoisotopic (exact) mass is 328 g/mol. The minimum Gasteiger partial charge on any atom is -0.421 e. The Balaban J connectivity index is 1.51. The van der Waals surface area contributed by atoms with Gasteiger partial charge >= 0.3 is 0 Å². The van der Waals surface area contributed by atoms with Gasteiger partial charge in [0, 0.05) is 37.0 Å². The molecule has 0 bridgehead atoms. The molecule has 0 spiro atoms. The van der Waals surface area contributed by atoms with Gasteiger partial charge in [0.1, 0.15) is 0 Å². The van der Waals surface area contributed by atoms with E-state index in [-0.39, 0.29) is 5.91 Å². The molecule has 1 amide bonds. The smallest absolute Gasteiger partial charge is 0.247 e. The normalized spacial score (nSPS) is 10.7. The summed E-state index contributed by atoms with van der Waals surface area (Å²) >= 11 is 1.44. The Bertz CT molecular complexity index is 756. The second-order valence-corrected chi connectivity index (χ2v) is 5.86. The van der Waals surface area contributed by atoms with Crippen molar-refractivity contribution in [1.29, 1.82) is 0 Å². The number of hydrogen-bond donors (Lipinski definition) is 0. The van der Waals surface area contributed by atoms with E-state index in [1.54, 1.807) is 18.1 Å². The van der Waals surface area contributed by atoms with Crippen LogP contribution in [0, 0.1) is 0 Å².